The summed E-state index contributed by atoms with van der Waals surface area (Å²) in [6.45, 7) is 1.65. The molecule has 104 valence electrons. The molecule has 4 nitrogen and oxygen atoms in total. The van der Waals surface area contributed by atoms with Gasteiger partial charge in [-0.25, -0.2) is 4.98 Å². The molecule has 3 rings (SSSR count). The molecule has 0 bridgehead atoms. The Kier molecular flexibility index (Phi) is 4.06. The second kappa shape index (κ2) is 6.13. The molecule has 1 atom stereocenters. The average Bonchev–Trinajstić information content (AvgIpc) is 3.01. The highest BCUT2D eigenvalue weighted by Crippen LogP contribution is 2.22. The highest BCUT2D eigenvalue weighted by atomic mass is 32.1. The first-order valence-corrected chi connectivity index (χ1v) is 7.79. The normalized spacial score (nSPS) is 19.0. The van der Waals surface area contributed by atoms with Gasteiger partial charge in [0.05, 0.1) is 5.01 Å². The van der Waals surface area contributed by atoms with E-state index in [0.29, 0.717) is 11.6 Å². The molecule has 0 saturated carbocycles. The van der Waals surface area contributed by atoms with E-state index >= 15 is 0 Å². The average molecular weight is 287 g/mol. The van der Waals surface area contributed by atoms with Crippen molar-refractivity contribution in [2.24, 2.45) is 5.92 Å². The molecule has 0 N–H and O–H groups in total. The Balaban J connectivity index is 1.64. The van der Waals surface area contributed by atoms with Crippen LogP contribution in [-0.2, 0) is 6.42 Å². The maximum Gasteiger partial charge on any atom is 0.272 e. The molecule has 20 heavy (non-hydrogen) atoms. The summed E-state index contributed by atoms with van der Waals surface area (Å²) in [5.74, 6) is 0.567. The highest BCUT2D eigenvalue weighted by molar-refractivity contribution is 7.09. The standard InChI is InChI=1S/C15H17N3OS/c19-15(13-5-1-2-6-16-13)18-8-3-4-12(11-18)10-14-17-7-9-20-14/h1-2,5-7,9,12H,3-4,8,10-11H2/t12-/m0/s1. The van der Waals surface area contributed by atoms with Crippen LogP contribution >= 0.6 is 11.3 Å². The molecular weight excluding hydrogens is 270 g/mol. The van der Waals surface area contributed by atoms with Gasteiger partial charge in [0.15, 0.2) is 0 Å². The fraction of sp³-hybridized carbons (Fsp3) is 0.400. The number of aromatic nitrogens is 2. The van der Waals surface area contributed by atoms with Crippen LogP contribution in [-0.4, -0.2) is 33.9 Å². The van der Waals surface area contributed by atoms with E-state index in [0.717, 1.165) is 25.9 Å². The summed E-state index contributed by atoms with van der Waals surface area (Å²) in [5.41, 5.74) is 0.544. The first-order valence-electron chi connectivity index (χ1n) is 6.91. The number of hydrogen-bond acceptors (Lipinski definition) is 4. The molecule has 0 unspecified atom stereocenters. The minimum Gasteiger partial charge on any atom is -0.337 e. The second-order valence-electron chi connectivity index (χ2n) is 5.10. The van der Waals surface area contributed by atoms with Gasteiger partial charge in [0.1, 0.15) is 5.69 Å². The third-order valence-corrected chi connectivity index (χ3v) is 4.44. The molecule has 2 aromatic heterocycles. The van der Waals surface area contributed by atoms with Crippen LogP contribution in [0.5, 0.6) is 0 Å². The third-order valence-electron chi connectivity index (χ3n) is 3.64. The Morgan fingerprint density at radius 3 is 3.05 bits per heavy atom. The van der Waals surface area contributed by atoms with Crippen molar-refractivity contribution in [3.05, 3.63) is 46.7 Å². The van der Waals surface area contributed by atoms with E-state index < -0.39 is 0 Å². The molecule has 1 fully saturated rings. The Morgan fingerprint density at radius 1 is 1.35 bits per heavy atom. The lowest BCUT2D eigenvalue weighted by Gasteiger charge is -2.32. The van der Waals surface area contributed by atoms with Crippen LogP contribution in [0.1, 0.15) is 28.3 Å². The van der Waals surface area contributed by atoms with Crippen LogP contribution in [0, 0.1) is 5.92 Å². The molecule has 0 aliphatic carbocycles. The number of thiazole rings is 1. The monoisotopic (exact) mass is 287 g/mol. The number of hydrogen-bond donors (Lipinski definition) is 0. The highest BCUT2D eigenvalue weighted by Gasteiger charge is 2.25. The number of rotatable bonds is 3. The van der Waals surface area contributed by atoms with Crippen LogP contribution in [0.2, 0.25) is 0 Å². The van der Waals surface area contributed by atoms with Gasteiger partial charge in [-0.1, -0.05) is 6.07 Å². The van der Waals surface area contributed by atoms with Crippen LogP contribution in [0.3, 0.4) is 0 Å². The summed E-state index contributed by atoms with van der Waals surface area (Å²) in [5, 5.41) is 3.18. The largest absolute Gasteiger partial charge is 0.337 e. The van der Waals surface area contributed by atoms with Gasteiger partial charge in [0.25, 0.3) is 5.91 Å². The van der Waals surface area contributed by atoms with E-state index in [1.54, 1.807) is 23.6 Å². The zero-order valence-electron chi connectivity index (χ0n) is 11.2. The predicted octanol–water partition coefficient (Wildman–Crippen LogP) is 2.63. The summed E-state index contributed by atoms with van der Waals surface area (Å²) < 4.78 is 0. The number of likely N-dealkylation sites (tertiary alicyclic amines) is 1. The summed E-state index contributed by atoms with van der Waals surface area (Å²) in [4.78, 5) is 22.8. The van der Waals surface area contributed by atoms with Crippen LogP contribution in [0.25, 0.3) is 0 Å². The first-order chi connectivity index (χ1) is 9.83. The minimum atomic E-state index is 0.0504. The molecule has 0 radical (unpaired) electrons. The molecular formula is C15H17N3OS. The van der Waals surface area contributed by atoms with Crippen molar-refractivity contribution in [3.8, 4) is 0 Å². The molecule has 1 amide bonds. The zero-order chi connectivity index (χ0) is 13.8. The fourth-order valence-electron chi connectivity index (χ4n) is 2.67. The molecule has 1 aliphatic rings. The van der Waals surface area contributed by atoms with Gasteiger partial charge >= 0.3 is 0 Å². The van der Waals surface area contributed by atoms with Gasteiger partial charge in [0, 0.05) is 37.3 Å². The van der Waals surface area contributed by atoms with E-state index in [4.69, 9.17) is 0 Å². The molecule has 5 heteroatoms. The lowest BCUT2D eigenvalue weighted by atomic mass is 9.95. The molecule has 2 aromatic rings. The zero-order valence-corrected chi connectivity index (χ0v) is 12.1. The Morgan fingerprint density at radius 2 is 2.30 bits per heavy atom. The maximum atomic E-state index is 12.4. The summed E-state index contributed by atoms with van der Waals surface area (Å²) in [6.07, 6.45) is 6.73. The van der Waals surface area contributed by atoms with Crippen molar-refractivity contribution >= 4 is 17.2 Å². The van der Waals surface area contributed by atoms with Gasteiger partial charge in [-0.05, 0) is 30.9 Å². The number of amides is 1. The summed E-state index contributed by atoms with van der Waals surface area (Å²) in [7, 11) is 0. The minimum absolute atomic E-state index is 0.0504. The van der Waals surface area contributed by atoms with E-state index in [1.807, 2.05) is 28.6 Å². The molecule has 0 aromatic carbocycles. The lowest BCUT2D eigenvalue weighted by Crippen LogP contribution is -2.40. The second-order valence-corrected chi connectivity index (χ2v) is 6.08. The molecule has 1 aliphatic heterocycles. The van der Waals surface area contributed by atoms with Crippen molar-refractivity contribution in [2.75, 3.05) is 13.1 Å². The predicted molar refractivity (Wildman–Crippen MR) is 78.7 cm³/mol. The number of nitrogens with zero attached hydrogens (tertiary/aromatic N) is 3. The number of carbonyl (C=O) groups excluding carboxylic acids is 1. The van der Waals surface area contributed by atoms with Gasteiger partial charge in [0.2, 0.25) is 0 Å². The van der Waals surface area contributed by atoms with Crippen molar-refractivity contribution in [3.63, 3.8) is 0 Å². The van der Waals surface area contributed by atoms with Crippen LogP contribution in [0.4, 0.5) is 0 Å². The fourth-order valence-corrected chi connectivity index (χ4v) is 3.40. The first kappa shape index (κ1) is 13.2. The van der Waals surface area contributed by atoms with Crippen molar-refractivity contribution in [1.82, 2.24) is 14.9 Å². The van der Waals surface area contributed by atoms with Crippen LogP contribution in [0.15, 0.2) is 36.0 Å². The molecule has 3 heterocycles. The van der Waals surface area contributed by atoms with E-state index in [-0.39, 0.29) is 5.91 Å². The van der Waals surface area contributed by atoms with Crippen molar-refractivity contribution in [2.45, 2.75) is 19.3 Å². The van der Waals surface area contributed by atoms with Crippen molar-refractivity contribution in [1.29, 1.82) is 0 Å². The Labute approximate surface area is 122 Å². The Bertz CT molecular complexity index is 556. The molecule has 0 spiro atoms. The summed E-state index contributed by atoms with van der Waals surface area (Å²) in [6, 6.07) is 5.47. The quantitative estimate of drug-likeness (QED) is 0.872. The third kappa shape index (κ3) is 3.04. The van der Waals surface area contributed by atoms with Gasteiger partial charge in [-0.3, -0.25) is 9.78 Å². The summed E-state index contributed by atoms with van der Waals surface area (Å²) >= 11 is 1.70. The molecule has 1 saturated heterocycles. The van der Waals surface area contributed by atoms with Gasteiger partial charge in [-0.15, -0.1) is 11.3 Å². The SMILES string of the molecule is O=C(c1ccccn1)N1CCC[C@@H](Cc2nccs2)C1. The topological polar surface area (TPSA) is 46.1 Å². The van der Waals surface area contributed by atoms with Crippen molar-refractivity contribution < 1.29 is 4.79 Å². The van der Waals surface area contributed by atoms with E-state index in [1.165, 1.54) is 11.4 Å². The number of pyridine rings is 1. The number of carbonyl (C=O) groups is 1. The number of piperidine rings is 1. The smallest absolute Gasteiger partial charge is 0.272 e. The van der Waals surface area contributed by atoms with E-state index in [9.17, 15) is 4.79 Å². The van der Waals surface area contributed by atoms with Gasteiger partial charge < -0.3 is 4.90 Å². The maximum absolute atomic E-state index is 12.4. The van der Waals surface area contributed by atoms with E-state index in [2.05, 4.69) is 9.97 Å². The Hall–Kier alpha value is -1.75. The van der Waals surface area contributed by atoms with Crippen LogP contribution < -0.4 is 0 Å². The lowest BCUT2D eigenvalue weighted by molar-refractivity contribution is 0.0667. The van der Waals surface area contributed by atoms with Gasteiger partial charge in [-0.2, -0.15) is 0 Å².